The van der Waals surface area contributed by atoms with Crippen molar-refractivity contribution in [2.24, 2.45) is 0 Å². The lowest BCUT2D eigenvalue weighted by Gasteiger charge is -2.28. The zero-order valence-corrected chi connectivity index (χ0v) is 13.8. The Hall–Kier alpha value is -1.28. The van der Waals surface area contributed by atoms with Gasteiger partial charge in [0, 0.05) is 10.1 Å². The second-order valence-corrected chi connectivity index (χ2v) is 5.96. The maximum Gasteiger partial charge on any atom is 0.265 e. The summed E-state index contributed by atoms with van der Waals surface area (Å²) in [6.07, 6.45) is 2.37. The molecule has 0 saturated carbocycles. The predicted molar refractivity (Wildman–Crippen MR) is 89.9 cm³/mol. The lowest BCUT2D eigenvalue weighted by molar-refractivity contribution is -0.128. The molecule has 20 heavy (non-hydrogen) atoms. The average molecular weight is 400 g/mol. The molecule has 1 aromatic rings. The van der Waals surface area contributed by atoms with E-state index >= 15 is 0 Å². The van der Waals surface area contributed by atoms with Gasteiger partial charge in [0.15, 0.2) is 5.11 Å². The van der Waals surface area contributed by atoms with Crippen LogP contribution in [0.15, 0.2) is 29.8 Å². The molecule has 0 radical (unpaired) electrons. The molecule has 0 atom stereocenters. The zero-order valence-electron chi connectivity index (χ0n) is 10.9. The van der Waals surface area contributed by atoms with E-state index in [-0.39, 0.29) is 16.6 Å². The van der Waals surface area contributed by atoms with Crippen LogP contribution >= 0.6 is 34.8 Å². The van der Waals surface area contributed by atoms with Crippen LogP contribution in [0, 0.1) is 3.57 Å². The molecule has 4 nitrogen and oxygen atoms in total. The molecule has 2 rings (SSSR count). The normalized spacial score (nSPS) is 17.6. The van der Waals surface area contributed by atoms with Gasteiger partial charge in [-0.1, -0.05) is 19.1 Å². The first-order valence-electron chi connectivity index (χ1n) is 6.17. The maximum absolute atomic E-state index is 12.3. The number of halogens is 1. The highest BCUT2D eigenvalue weighted by molar-refractivity contribution is 14.1. The van der Waals surface area contributed by atoms with Crippen molar-refractivity contribution in [3.05, 3.63) is 39.0 Å². The quantitative estimate of drug-likeness (QED) is 0.367. The minimum absolute atomic E-state index is 0.119. The smallest absolute Gasteiger partial charge is 0.265 e. The average Bonchev–Trinajstić information content (AvgIpc) is 2.41. The molecule has 1 aliphatic rings. The van der Waals surface area contributed by atoms with Gasteiger partial charge in [-0.3, -0.25) is 19.8 Å². The van der Waals surface area contributed by atoms with Crippen LogP contribution in [0.25, 0.3) is 6.08 Å². The summed E-state index contributed by atoms with van der Waals surface area (Å²) in [7, 11) is 0. The van der Waals surface area contributed by atoms with E-state index in [1.54, 1.807) is 6.08 Å². The summed E-state index contributed by atoms with van der Waals surface area (Å²) in [4.78, 5) is 25.7. The molecule has 1 N–H and O–H groups in total. The maximum atomic E-state index is 12.3. The first kappa shape index (κ1) is 15.1. The van der Waals surface area contributed by atoms with Crippen molar-refractivity contribution in [1.82, 2.24) is 10.2 Å². The monoisotopic (exact) mass is 400 g/mol. The Bertz CT molecular complexity index is 596. The number of benzene rings is 1. The number of nitrogens with one attached hydrogen (secondary N) is 1. The molecule has 1 saturated heterocycles. The molecule has 2 amide bonds. The summed E-state index contributed by atoms with van der Waals surface area (Å²) in [6, 6.07) is 7.58. The topological polar surface area (TPSA) is 49.4 Å². The fourth-order valence-corrected chi connectivity index (χ4v) is 2.47. The summed E-state index contributed by atoms with van der Waals surface area (Å²) < 4.78 is 1.10. The van der Waals surface area contributed by atoms with E-state index in [1.165, 1.54) is 4.90 Å². The van der Waals surface area contributed by atoms with Crippen LogP contribution in [0.4, 0.5) is 0 Å². The van der Waals surface area contributed by atoms with Crippen LogP contribution in [-0.4, -0.2) is 28.4 Å². The molecule has 0 unspecified atom stereocenters. The summed E-state index contributed by atoms with van der Waals surface area (Å²) in [5.74, 6) is -0.773. The number of rotatable bonds is 3. The highest BCUT2D eigenvalue weighted by atomic mass is 127. The molecule has 104 valence electrons. The lowest BCUT2D eigenvalue weighted by atomic mass is 10.1. The van der Waals surface area contributed by atoms with E-state index in [0.717, 1.165) is 15.6 Å². The molecule has 6 heteroatoms. The standard InChI is InChI=1S/C14H13IN2O2S/c1-2-7-17-13(19)11(12(18)16-14(17)20)8-9-3-5-10(15)6-4-9/h3-6,8H,2,7H2,1H3,(H,16,18,20)/b11-8+. The fourth-order valence-electron chi connectivity index (χ4n) is 1.85. The Morgan fingerprint density at radius 3 is 2.55 bits per heavy atom. The van der Waals surface area contributed by atoms with Gasteiger partial charge in [-0.05, 0) is 65.0 Å². The first-order valence-corrected chi connectivity index (χ1v) is 7.66. The zero-order chi connectivity index (χ0) is 14.7. The summed E-state index contributed by atoms with van der Waals surface area (Å²) >= 11 is 7.23. The highest BCUT2D eigenvalue weighted by Crippen LogP contribution is 2.16. The minimum atomic E-state index is -0.439. The number of carbonyl (C=O) groups excluding carboxylic acids is 2. The third-order valence-electron chi connectivity index (χ3n) is 2.81. The SMILES string of the molecule is CCCN1C(=O)/C(=C/c2ccc(I)cc2)C(=O)NC1=S. The molecule has 1 heterocycles. The number of amides is 2. The molecule has 0 aromatic heterocycles. The molecular weight excluding hydrogens is 387 g/mol. The third kappa shape index (κ3) is 3.24. The summed E-state index contributed by atoms with van der Waals surface area (Å²) in [5, 5.41) is 2.74. The van der Waals surface area contributed by atoms with Crippen molar-refractivity contribution < 1.29 is 9.59 Å². The Morgan fingerprint density at radius 2 is 1.95 bits per heavy atom. The molecular formula is C14H13IN2O2S. The highest BCUT2D eigenvalue weighted by Gasteiger charge is 2.32. The van der Waals surface area contributed by atoms with Crippen LogP contribution in [0.3, 0.4) is 0 Å². The molecule has 1 aromatic carbocycles. The van der Waals surface area contributed by atoms with E-state index in [9.17, 15) is 9.59 Å². The number of hydrogen-bond donors (Lipinski definition) is 1. The molecule has 0 aliphatic carbocycles. The molecule has 1 fully saturated rings. The second kappa shape index (κ2) is 6.45. The largest absolute Gasteiger partial charge is 0.298 e. The van der Waals surface area contributed by atoms with Crippen molar-refractivity contribution in [2.45, 2.75) is 13.3 Å². The minimum Gasteiger partial charge on any atom is -0.298 e. The van der Waals surface area contributed by atoms with Gasteiger partial charge in [0.2, 0.25) is 0 Å². The van der Waals surface area contributed by atoms with Crippen LogP contribution in [0.5, 0.6) is 0 Å². The molecule has 1 aliphatic heterocycles. The first-order chi connectivity index (χ1) is 9.52. The van der Waals surface area contributed by atoms with E-state index in [2.05, 4.69) is 27.9 Å². The van der Waals surface area contributed by atoms with Gasteiger partial charge in [-0.15, -0.1) is 0 Å². The van der Waals surface area contributed by atoms with Gasteiger partial charge in [-0.2, -0.15) is 0 Å². The second-order valence-electron chi connectivity index (χ2n) is 4.33. The van der Waals surface area contributed by atoms with Crippen molar-refractivity contribution in [1.29, 1.82) is 0 Å². The Balaban J connectivity index is 2.33. The van der Waals surface area contributed by atoms with Crippen molar-refractivity contribution in [2.75, 3.05) is 6.54 Å². The van der Waals surface area contributed by atoms with Gasteiger partial charge in [0.25, 0.3) is 11.8 Å². The number of nitrogens with zero attached hydrogens (tertiary/aromatic N) is 1. The lowest BCUT2D eigenvalue weighted by Crippen LogP contribution is -2.54. The van der Waals surface area contributed by atoms with Gasteiger partial charge >= 0.3 is 0 Å². The third-order valence-corrected chi connectivity index (χ3v) is 3.86. The van der Waals surface area contributed by atoms with Crippen LogP contribution in [-0.2, 0) is 9.59 Å². The summed E-state index contributed by atoms with van der Waals surface area (Å²) in [6.45, 7) is 2.46. The number of hydrogen-bond acceptors (Lipinski definition) is 3. The van der Waals surface area contributed by atoms with Crippen LogP contribution in [0.2, 0.25) is 0 Å². The van der Waals surface area contributed by atoms with Gasteiger partial charge < -0.3 is 0 Å². The van der Waals surface area contributed by atoms with Gasteiger partial charge in [-0.25, -0.2) is 0 Å². The van der Waals surface area contributed by atoms with Gasteiger partial charge in [0.1, 0.15) is 5.57 Å². The van der Waals surface area contributed by atoms with Gasteiger partial charge in [0.05, 0.1) is 0 Å². The van der Waals surface area contributed by atoms with Crippen molar-refractivity contribution in [3.8, 4) is 0 Å². The molecule has 0 spiro atoms. The number of thiocarbonyl (C=S) groups is 1. The van der Waals surface area contributed by atoms with E-state index in [0.29, 0.717) is 6.54 Å². The predicted octanol–water partition coefficient (Wildman–Crippen LogP) is 2.33. The summed E-state index contributed by atoms with van der Waals surface area (Å²) in [5.41, 5.74) is 0.932. The van der Waals surface area contributed by atoms with Crippen molar-refractivity contribution in [3.63, 3.8) is 0 Å². The van der Waals surface area contributed by atoms with Crippen LogP contribution < -0.4 is 5.32 Å². The Kier molecular flexibility index (Phi) is 4.87. The Labute approximate surface area is 136 Å². The number of carbonyl (C=O) groups is 2. The van der Waals surface area contributed by atoms with E-state index in [4.69, 9.17) is 12.2 Å². The Morgan fingerprint density at radius 1 is 1.30 bits per heavy atom. The molecule has 0 bridgehead atoms. The van der Waals surface area contributed by atoms with Crippen LogP contribution in [0.1, 0.15) is 18.9 Å². The van der Waals surface area contributed by atoms with E-state index in [1.807, 2.05) is 31.2 Å². The van der Waals surface area contributed by atoms with Crippen molar-refractivity contribution >= 4 is 57.8 Å². The van der Waals surface area contributed by atoms with E-state index < -0.39 is 5.91 Å². The fraction of sp³-hybridized carbons (Fsp3) is 0.214.